The highest BCUT2D eigenvalue weighted by Crippen LogP contribution is 2.29. The zero-order valence-electron chi connectivity index (χ0n) is 14.5. The van der Waals surface area contributed by atoms with Gasteiger partial charge in [0.25, 0.3) is 0 Å². The Labute approximate surface area is 137 Å². The molecule has 23 heavy (non-hydrogen) atoms. The fourth-order valence-electron chi connectivity index (χ4n) is 2.43. The van der Waals surface area contributed by atoms with Crippen LogP contribution >= 0.6 is 0 Å². The molecule has 0 aliphatic carbocycles. The number of carbonyl (C=O) groups is 1. The Morgan fingerprint density at radius 2 is 1.70 bits per heavy atom. The van der Waals surface area contributed by atoms with E-state index in [1.807, 2.05) is 39.0 Å². The summed E-state index contributed by atoms with van der Waals surface area (Å²) < 4.78 is 16.1. The highest BCUT2D eigenvalue weighted by Gasteiger charge is 2.25. The summed E-state index contributed by atoms with van der Waals surface area (Å²) in [6, 6.07) is 5.73. The van der Waals surface area contributed by atoms with Gasteiger partial charge in [-0.15, -0.1) is 0 Å². The van der Waals surface area contributed by atoms with Gasteiger partial charge in [-0.3, -0.25) is 0 Å². The van der Waals surface area contributed by atoms with Crippen LogP contribution in [0.1, 0.15) is 32.8 Å². The van der Waals surface area contributed by atoms with Gasteiger partial charge in [-0.2, -0.15) is 0 Å². The fraction of sp³-hybridized carbons (Fsp3) is 0.500. The van der Waals surface area contributed by atoms with Crippen molar-refractivity contribution in [3.63, 3.8) is 0 Å². The molecule has 5 heteroatoms. The lowest BCUT2D eigenvalue weighted by Gasteiger charge is -2.30. The summed E-state index contributed by atoms with van der Waals surface area (Å²) in [6.45, 7) is 6.81. The largest absolute Gasteiger partial charge is 0.497 e. The molecule has 1 aliphatic heterocycles. The van der Waals surface area contributed by atoms with Gasteiger partial charge in [0.15, 0.2) is 0 Å². The van der Waals surface area contributed by atoms with Gasteiger partial charge in [0.05, 0.1) is 14.2 Å². The lowest BCUT2D eigenvalue weighted by Crippen LogP contribution is -2.39. The number of hydrogen-bond acceptors (Lipinski definition) is 4. The molecule has 0 saturated carbocycles. The minimum absolute atomic E-state index is 0.280. The second kappa shape index (κ2) is 6.94. The predicted octanol–water partition coefficient (Wildman–Crippen LogP) is 3.73. The third-order valence-electron chi connectivity index (χ3n) is 3.52. The second-order valence-electron chi connectivity index (χ2n) is 6.52. The van der Waals surface area contributed by atoms with Crippen molar-refractivity contribution in [3.8, 4) is 11.5 Å². The van der Waals surface area contributed by atoms with Gasteiger partial charge in [-0.1, -0.05) is 6.08 Å². The van der Waals surface area contributed by atoms with Crippen LogP contribution in [0.15, 0.2) is 24.3 Å². The van der Waals surface area contributed by atoms with E-state index in [0.29, 0.717) is 13.1 Å². The average molecular weight is 319 g/mol. The number of ether oxygens (including phenoxy) is 3. The first-order valence-corrected chi connectivity index (χ1v) is 7.73. The second-order valence-corrected chi connectivity index (χ2v) is 6.52. The maximum Gasteiger partial charge on any atom is 0.410 e. The van der Waals surface area contributed by atoms with E-state index < -0.39 is 5.60 Å². The van der Waals surface area contributed by atoms with Crippen LogP contribution in [0.25, 0.3) is 5.57 Å². The lowest BCUT2D eigenvalue weighted by molar-refractivity contribution is 0.0273. The summed E-state index contributed by atoms with van der Waals surface area (Å²) in [5.74, 6) is 1.46. The van der Waals surface area contributed by atoms with Crippen LogP contribution in [0.3, 0.4) is 0 Å². The lowest BCUT2D eigenvalue weighted by atomic mass is 10.0. The quantitative estimate of drug-likeness (QED) is 0.852. The molecule has 0 saturated heterocycles. The molecule has 0 N–H and O–H groups in total. The van der Waals surface area contributed by atoms with Crippen molar-refractivity contribution in [2.75, 3.05) is 27.3 Å². The Kier molecular flexibility index (Phi) is 5.19. The standard InChI is InChI=1S/C18H25NO4/c1-18(2,3)23-17(20)19-8-6-7-13(12-19)14-9-15(21-4)11-16(10-14)22-5/h7,9-11H,6,8,12H2,1-5H3. The Morgan fingerprint density at radius 3 is 2.22 bits per heavy atom. The molecule has 0 spiro atoms. The Balaban J connectivity index is 2.18. The molecule has 1 aliphatic rings. The molecular weight excluding hydrogens is 294 g/mol. The Hall–Kier alpha value is -2.17. The van der Waals surface area contributed by atoms with Crippen molar-refractivity contribution >= 4 is 11.7 Å². The van der Waals surface area contributed by atoms with Crippen LogP contribution in [0, 0.1) is 0 Å². The number of benzene rings is 1. The van der Waals surface area contributed by atoms with Gasteiger partial charge in [0.2, 0.25) is 0 Å². The number of amides is 1. The van der Waals surface area contributed by atoms with E-state index in [9.17, 15) is 4.79 Å². The number of nitrogens with zero attached hydrogens (tertiary/aromatic N) is 1. The third-order valence-corrected chi connectivity index (χ3v) is 3.52. The zero-order valence-corrected chi connectivity index (χ0v) is 14.5. The highest BCUT2D eigenvalue weighted by atomic mass is 16.6. The molecule has 0 fully saturated rings. The summed E-state index contributed by atoms with van der Waals surface area (Å²) in [5, 5.41) is 0. The molecular formula is C18H25NO4. The topological polar surface area (TPSA) is 48.0 Å². The molecule has 1 aromatic carbocycles. The van der Waals surface area contributed by atoms with Crippen LogP contribution in [0.5, 0.6) is 11.5 Å². The first kappa shape index (κ1) is 17.2. The zero-order chi connectivity index (χ0) is 17.0. The SMILES string of the molecule is COc1cc(OC)cc(C2=CCCN(C(=O)OC(C)(C)C)C2)c1. The third kappa shape index (κ3) is 4.65. The molecule has 2 rings (SSSR count). The van der Waals surface area contributed by atoms with Crippen LogP contribution < -0.4 is 9.47 Å². The van der Waals surface area contributed by atoms with Gasteiger partial charge in [0.1, 0.15) is 17.1 Å². The molecule has 0 radical (unpaired) electrons. The van der Waals surface area contributed by atoms with Crippen LogP contribution in [-0.2, 0) is 4.74 Å². The van der Waals surface area contributed by atoms with Crippen molar-refractivity contribution < 1.29 is 19.0 Å². The molecule has 0 atom stereocenters. The van der Waals surface area contributed by atoms with E-state index in [0.717, 1.165) is 29.1 Å². The van der Waals surface area contributed by atoms with Crippen molar-refractivity contribution in [1.29, 1.82) is 0 Å². The van der Waals surface area contributed by atoms with Gasteiger partial charge < -0.3 is 19.1 Å². The molecule has 1 amide bonds. The summed E-state index contributed by atoms with van der Waals surface area (Å²) in [5.41, 5.74) is 1.58. The van der Waals surface area contributed by atoms with E-state index >= 15 is 0 Å². The minimum atomic E-state index is -0.488. The van der Waals surface area contributed by atoms with E-state index in [-0.39, 0.29) is 6.09 Å². The Bertz CT molecular complexity index is 579. The maximum absolute atomic E-state index is 12.3. The summed E-state index contributed by atoms with van der Waals surface area (Å²) in [4.78, 5) is 14.0. The molecule has 1 heterocycles. The van der Waals surface area contributed by atoms with Crippen molar-refractivity contribution in [3.05, 3.63) is 29.8 Å². The van der Waals surface area contributed by atoms with E-state index in [1.165, 1.54) is 0 Å². The maximum atomic E-state index is 12.3. The normalized spacial score (nSPS) is 15.0. The van der Waals surface area contributed by atoms with Crippen LogP contribution in [-0.4, -0.2) is 43.9 Å². The van der Waals surface area contributed by atoms with Gasteiger partial charge in [-0.05, 0) is 50.5 Å². The van der Waals surface area contributed by atoms with Crippen LogP contribution in [0.2, 0.25) is 0 Å². The molecule has 0 aromatic heterocycles. The first-order chi connectivity index (χ1) is 10.8. The van der Waals surface area contributed by atoms with Crippen molar-refractivity contribution in [2.24, 2.45) is 0 Å². The summed E-state index contributed by atoms with van der Waals surface area (Å²) >= 11 is 0. The average Bonchev–Trinajstić information content (AvgIpc) is 2.52. The first-order valence-electron chi connectivity index (χ1n) is 7.73. The molecule has 5 nitrogen and oxygen atoms in total. The molecule has 0 bridgehead atoms. The Morgan fingerprint density at radius 1 is 1.09 bits per heavy atom. The number of rotatable bonds is 3. The minimum Gasteiger partial charge on any atom is -0.497 e. The molecule has 0 unspecified atom stereocenters. The smallest absolute Gasteiger partial charge is 0.410 e. The van der Waals surface area contributed by atoms with Crippen LogP contribution in [0.4, 0.5) is 4.79 Å². The van der Waals surface area contributed by atoms with Gasteiger partial charge >= 0.3 is 6.09 Å². The van der Waals surface area contributed by atoms with Gasteiger partial charge in [0, 0.05) is 19.2 Å². The monoisotopic (exact) mass is 319 g/mol. The molecule has 126 valence electrons. The summed E-state index contributed by atoms with van der Waals surface area (Å²) in [7, 11) is 3.25. The van der Waals surface area contributed by atoms with Crippen molar-refractivity contribution in [2.45, 2.75) is 32.8 Å². The van der Waals surface area contributed by atoms with E-state index in [1.54, 1.807) is 19.1 Å². The predicted molar refractivity (Wildman–Crippen MR) is 89.9 cm³/mol. The fourth-order valence-corrected chi connectivity index (χ4v) is 2.43. The van der Waals surface area contributed by atoms with E-state index in [4.69, 9.17) is 14.2 Å². The number of methoxy groups -OCH3 is 2. The highest BCUT2D eigenvalue weighted by molar-refractivity contribution is 5.76. The summed E-state index contributed by atoms with van der Waals surface area (Å²) in [6.07, 6.45) is 2.67. The number of carbonyl (C=O) groups excluding carboxylic acids is 1. The number of hydrogen-bond donors (Lipinski definition) is 0. The van der Waals surface area contributed by atoms with Crippen molar-refractivity contribution in [1.82, 2.24) is 4.90 Å². The van der Waals surface area contributed by atoms with Gasteiger partial charge in [-0.25, -0.2) is 4.79 Å². The molecule has 1 aromatic rings. The van der Waals surface area contributed by atoms with E-state index in [2.05, 4.69) is 6.08 Å².